The van der Waals surface area contributed by atoms with Gasteiger partial charge in [-0.1, -0.05) is 31.4 Å². The fraction of sp³-hybridized carbons (Fsp3) is 0.568. The summed E-state index contributed by atoms with van der Waals surface area (Å²) in [7, 11) is 0. The van der Waals surface area contributed by atoms with Crippen molar-refractivity contribution in [1.82, 2.24) is 0 Å². The van der Waals surface area contributed by atoms with E-state index in [2.05, 4.69) is 4.90 Å². The second kappa shape index (κ2) is 17.2. The van der Waals surface area contributed by atoms with Crippen LogP contribution in [0.25, 0.3) is 0 Å². The maximum atomic E-state index is 12.6. The maximum Gasteiger partial charge on any atom is 0.309 e. The number of aldehydes is 2. The molecule has 8 heteroatoms. The second-order valence-electron chi connectivity index (χ2n) is 14.0. The van der Waals surface area contributed by atoms with E-state index in [9.17, 15) is 23.6 Å². The molecular weight excluding hydrogens is 573 g/mol. The van der Waals surface area contributed by atoms with Crippen molar-refractivity contribution >= 4 is 30.2 Å². The van der Waals surface area contributed by atoms with Crippen molar-refractivity contribution in [2.75, 3.05) is 18.0 Å². The SMILES string of the molecule is CC(C)(C)OC(=O)C1CCCCC1.Cc1ccc(C=O)c(F)c1.Cc1ccc(C=O)c(N2CCC(C(=O)OC(C)(C)C)CC2)c1. The highest BCUT2D eigenvalue weighted by Gasteiger charge is 2.30. The topological polar surface area (TPSA) is 90.0 Å². The number of esters is 2. The predicted octanol–water partition coefficient (Wildman–Crippen LogP) is 8.22. The number of aryl methyl sites for hydroxylation is 2. The van der Waals surface area contributed by atoms with Gasteiger partial charge in [0.2, 0.25) is 0 Å². The number of rotatable bonds is 5. The Morgan fingerprint density at radius 2 is 1.16 bits per heavy atom. The van der Waals surface area contributed by atoms with Crippen LogP contribution in [0.1, 0.15) is 118 Å². The van der Waals surface area contributed by atoms with Crippen LogP contribution in [0.5, 0.6) is 0 Å². The van der Waals surface area contributed by atoms with E-state index in [1.807, 2.05) is 66.7 Å². The van der Waals surface area contributed by atoms with Gasteiger partial charge in [0, 0.05) is 24.3 Å². The Morgan fingerprint density at radius 1 is 0.711 bits per heavy atom. The summed E-state index contributed by atoms with van der Waals surface area (Å²) >= 11 is 0. The number of piperidine rings is 1. The highest BCUT2D eigenvalue weighted by atomic mass is 19.1. The van der Waals surface area contributed by atoms with Gasteiger partial charge in [-0.25, -0.2) is 4.39 Å². The van der Waals surface area contributed by atoms with Crippen LogP contribution in [0.3, 0.4) is 0 Å². The van der Waals surface area contributed by atoms with E-state index >= 15 is 0 Å². The van der Waals surface area contributed by atoms with Crippen LogP contribution in [0, 0.1) is 31.5 Å². The zero-order valence-electron chi connectivity index (χ0n) is 28.4. The van der Waals surface area contributed by atoms with Gasteiger partial charge in [-0.3, -0.25) is 19.2 Å². The van der Waals surface area contributed by atoms with Crippen LogP contribution >= 0.6 is 0 Å². The number of anilines is 1. The normalized spacial score (nSPS) is 15.9. The molecule has 0 N–H and O–H groups in total. The summed E-state index contributed by atoms with van der Waals surface area (Å²) in [5.41, 5.74) is 2.99. The monoisotopic (exact) mass is 625 g/mol. The Labute approximate surface area is 268 Å². The summed E-state index contributed by atoms with van der Waals surface area (Å²) in [6.45, 7) is 16.8. The molecule has 0 amide bonds. The Kier molecular flexibility index (Phi) is 14.4. The molecule has 0 radical (unpaired) electrons. The highest BCUT2D eigenvalue weighted by Crippen LogP contribution is 2.28. The van der Waals surface area contributed by atoms with Crippen LogP contribution in [-0.2, 0) is 19.1 Å². The van der Waals surface area contributed by atoms with Crippen LogP contribution in [0.15, 0.2) is 36.4 Å². The molecule has 2 aliphatic rings. The molecule has 2 fully saturated rings. The Morgan fingerprint density at radius 3 is 1.60 bits per heavy atom. The molecule has 1 saturated heterocycles. The first-order valence-corrected chi connectivity index (χ1v) is 16.0. The number of benzene rings is 2. The van der Waals surface area contributed by atoms with Gasteiger partial charge in [0.25, 0.3) is 0 Å². The van der Waals surface area contributed by atoms with Gasteiger partial charge in [0.15, 0.2) is 12.6 Å². The van der Waals surface area contributed by atoms with Gasteiger partial charge >= 0.3 is 11.9 Å². The number of hydrogen-bond donors (Lipinski definition) is 0. The molecule has 248 valence electrons. The molecule has 1 aliphatic carbocycles. The number of carbonyl (C=O) groups excluding carboxylic acids is 4. The molecule has 2 aromatic carbocycles. The summed E-state index contributed by atoms with van der Waals surface area (Å²) in [4.78, 5) is 47.2. The first kappa shape index (κ1) is 37.6. The van der Waals surface area contributed by atoms with Crippen molar-refractivity contribution in [2.45, 2.75) is 112 Å². The van der Waals surface area contributed by atoms with E-state index in [0.29, 0.717) is 11.8 Å². The van der Waals surface area contributed by atoms with E-state index in [4.69, 9.17) is 9.47 Å². The smallest absolute Gasteiger partial charge is 0.309 e. The van der Waals surface area contributed by atoms with E-state index in [0.717, 1.165) is 61.9 Å². The largest absolute Gasteiger partial charge is 0.460 e. The molecule has 0 bridgehead atoms. The van der Waals surface area contributed by atoms with E-state index in [-0.39, 0.29) is 34.9 Å². The summed E-state index contributed by atoms with van der Waals surface area (Å²) in [5, 5.41) is 0. The minimum Gasteiger partial charge on any atom is -0.460 e. The minimum atomic E-state index is -0.449. The molecule has 0 aromatic heterocycles. The number of carbonyl (C=O) groups is 4. The molecule has 4 rings (SSSR count). The third kappa shape index (κ3) is 13.5. The zero-order valence-corrected chi connectivity index (χ0v) is 28.4. The molecule has 1 heterocycles. The minimum absolute atomic E-state index is 0.00667. The van der Waals surface area contributed by atoms with Crippen molar-refractivity contribution in [2.24, 2.45) is 11.8 Å². The molecule has 45 heavy (non-hydrogen) atoms. The number of nitrogens with zero attached hydrogens (tertiary/aromatic N) is 1. The van der Waals surface area contributed by atoms with Crippen LogP contribution in [0.2, 0.25) is 0 Å². The third-order valence-corrected chi connectivity index (χ3v) is 7.52. The maximum absolute atomic E-state index is 12.6. The molecule has 0 unspecified atom stereocenters. The lowest BCUT2D eigenvalue weighted by molar-refractivity contribution is -0.162. The second-order valence-corrected chi connectivity index (χ2v) is 14.0. The van der Waals surface area contributed by atoms with Crippen LogP contribution in [-0.4, -0.2) is 48.8 Å². The first-order valence-electron chi connectivity index (χ1n) is 16.0. The molecule has 7 nitrogen and oxygen atoms in total. The van der Waals surface area contributed by atoms with Gasteiger partial charge in [0.1, 0.15) is 17.0 Å². The van der Waals surface area contributed by atoms with Crippen molar-refractivity contribution in [3.8, 4) is 0 Å². The molecule has 1 aliphatic heterocycles. The Balaban J connectivity index is 0.000000259. The lowest BCUT2D eigenvalue weighted by Gasteiger charge is -2.34. The zero-order chi connectivity index (χ0) is 33.8. The van der Waals surface area contributed by atoms with Gasteiger partial charge in [-0.15, -0.1) is 0 Å². The van der Waals surface area contributed by atoms with Crippen molar-refractivity contribution < 1.29 is 33.0 Å². The van der Waals surface area contributed by atoms with Gasteiger partial charge in [-0.05, 0) is 116 Å². The fourth-order valence-corrected chi connectivity index (χ4v) is 5.22. The average Bonchev–Trinajstić information content (AvgIpc) is 2.97. The van der Waals surface area contributed by atoms with Gasteiger partial charge < -0.3 is 14.4 Å². The van der Waals surface area contributed by atoms with Crippen molar-refractivity contribution in [3.05, 3.63) is 64.5 Å². The fourth-order valence-electron chi connectivity index (χ4n) is 5.22. The highest BCUT2D eigenvalue weighted by molar-refractivity contribution is 5.85. The lowest BCUT2D eigenvalue weighted by Crippen LogP contribution is -2.39. The van der Waals surface area contributed by atoms with Gasteiger partial charge in [-0.2, -0.15) is 0 Å². The number of ether oxygens (including phenoxy) is 2. The summed E-state index contributed by atoms with van der Waals surface area (Å²) in [5.74, 6) is -0.415. The van der Waals surface area contributed by atoms with Gasteiger partial charge in [0.05, 0.1) is 17.4 Å². The molecule has 1 saturated carbocycles. The summed E-state index contributed by atoms with van der Waals surface area (Å²) in [6.07, 6.45) is 8.63. The Bertz CT molecular complexity index is 1280. The standard InChI is InChI=1S/C18H25NO3.C11H20O2.C8H7FO/c1-13-5-6-15(12-20)16(11-13)19-9-7-14(8-10-19)17(21)22-18(2,3)4;1-11(2,3)13-10(12)9-7-5-4-6-8-9;1-6-2-3-7(5-10)8(9)4-6/h5-6,11-12,14H,7-10H2,1-4H3;9H,4-8H2,1-3H3;2-5H,1H3. The van der Waals surface area contributed by atoms with E-state index in [1.54, 1.807) is 13.0 Å². The molecule has 0 spiro atoms. The average molecular weight is 626 g/mol. The van der Waals surface area contributed by atoms with E-state index in [1.165, 1.54) is 31.4 Å². The van der Waals surface area contributed by atoms with Crippen molar-refractivity contribution in [1.29, 1.82) is 0 Å². The Hall–Kier alpha value is -3.55. The summed E-state index contributed by atoms with van der Waals surface area (Å²) < 4.78 is 23.4. The number of halogens is 1. The molecule has 2 aromatic rings. The quantitative estimate of drug-likeness (QED) is 0.244. The third-order valence-electron chi connectivity index (χ3n) is 7.52. The molecular formula is C37H52FNO6. The predicted molar refractivity (Wildman–Crippen MR) is 176 cm³/mol. The van der Waals surface area contributed by atoms with Crippen LogP contribution < -0.4 is 4.90 Å². The summed E-state index contributed by atoms with van der Waals surface area (Å²) in [6, 6.07) is 10.4. The molecule has 0 atom stereocenters. The van der Waals surface area contributed by atoms with Crippen LogP contribution in [0.4, 0.5) is 10.1 Å². The lowest BCUT2D eigenvalue weighted by atomic mass is 9.89. The van der Waals surface area contributed by atoms with E-state index < -0.39 is 11.4 Å². The first-order chi connectivity index (χ1) is 21.0. The van der Waals surface area contributed by atoms with Crippen molar-refractivity contribution in [3.63, 3.8) is 0 Å². The number of hydrogen-bond acceptors (Lipinski definition) is 7.